The van der Waals surface area contributed by atoms with Gasteiger partial charge in [0.25, 0.3) is 0 Å². The normalized spacial score (nSPS) is 11.9. The zero-order valence-corrected chi connectivity index (χ0v) is 13.8. The predicted octanol–water partition coefficient (Wildman–Crippen LogP) is 4.58. The Morgan fingerprint density at radius 1 is 1.22 bits per heavy atom. The highest BCUT2D eigenvalue weighted by Gasteiger charge is 2.13. The van der Waals surface area contributed by atoms with E-state index in [0.29, 0.717) is 12.0 Å². The number of hydrogen-bond donors (Lipinski definition) is 1. The highest BCUT2D eigenvalue weighted by atomic mass is 35.5. The van der Waals surface area contributed by atoms with Crippen molar-refractivity contribution in [2.75, 3.05) is 0 Å². The van der Waals surface area contributed by atoms with Crippen molar-refractivity contribution < 1.29 is 0 Å². The summed E-state index contributed by atoms with van der Waals surface area (Å²) >= 11 is 7.44. The fourth-order valence-electron chi connectivity index (χ4n) is 2.30. The fourth-order valence-corrected chi connectivity index (χ4v) is 3.26. The van der Waals surface area contributed by atoms with Crippen LogP contribution in [0.3, 0.4) is 0 Å². The van der Waals surface area contributed by atoms with E-state index in [1.54, 1.807) is 17.4 Å². The Morgan fingerprint density at radius 2 is 2.00 bits per heavy atom. The molecule has 0 saturated heterocycles. The molecule has 5 heteroatoms. The molecule has 0 aliphatic heterocycles. The van der Waals surface area contributed by atoms with Crippen LogP contribution in [0.2, 0.25) is 5.02 Å². The Morgan fingerprint density at radius 3 is 2.74 bits per heavy atom. The summed E-state index contributed by atoms with van der Waals surface area (Å²) in [6.45, 7) is 0. The lowest BCUT2D eigenvalue weighted by Gasteiger charge is -2.08. The van der Waals surface area contributed by atoms with E-state index in [9.17, 15) is 0 Å². The molecule has 0 fully saturated rings. The van der Waals surface area contributed by atoms with Crippen molar-refractivity contribution in [3.63, 3.8) is 0 Å². The van der Waals surface area contributed by atoms with E-state index >= 15 is 0 Å². The van der Waals surface area contributed by atoms with Gasteiger partial charge < -0.3 is 5.73 Å². The molecule has 0 aliphatic carbocycles. The third-order valence-electron chi connectivity index (χ3n) is 3.50. The minimum Gasteiger partial charge on any atom is -0.322 e. The molecule has 0 spiro atoms. The van der Waals surface area contributed by atoms with Gasteiger partial charge in [-0.15, -0.1) is 11.3 Å². The van der Waals surface area contributed by atoms with Crippen LogP contribution >= 0.6 is 22.9 Å². The van der Waals surface area contributed by atoms with E-state index in [1.165, 1.54) is 0 Å². The summed E-state index contributed by atoms with van der Waals surface area (Å²) in [4.78, 5) is 4.63. The van der Waals surface area contributed by atoms with Gasteiger partial charge in [0.15, 0.2) is 0 Å². The summed E-state index contributed by atoms with van der Waals surface area (Å²) in [5.41, 5.74) is 9.82. The molecule has 1 aromatic heterocycles. The number of nitriles is 1. The SMILES string of the molecule is N#Cc1cccc(-c2csc(C(N)Cc3ccc(Cl)cc3)n2)c1. The number of nitrogens with two attached hydrogens (primary N) is 1. The van der Waals surface area contributed by atoms with E-state index < -0.39 is 0 Å². The van der Waals surface area contributed by atoms with Crippen molar-refractivity contribution >= 4 is 22.9 Å². The second-order valence-electron chi connectivity index (χ2n) is 5.20. The summed E-state index contributed by atoms with van der Waals surface area (Å²) in [7, 11) is 0. The first kappa shape index (κ1) is 15.7. The van der Waals surface area contributed by atoms with Gasteiger partial charge in [0, 0.05) is 16.0 Å². The molecule has 1 atom stereocenters. The van der Waals surface area contributed by atoms with Crippen LogP contribution in [0.4, 0.5) is 0 Å². The Labute approximate surface area is 144 Å². The van der Waals surface area contributed by atoms with E-state index in [2.05, 4.69) is 11.1 Å². The number of hydrogen-bond acceptors (Lipinski definition) is 4. The maximum Gasteiger partial charge on any atom is 0.110 e. The van der Waals surface area contributed by atoms with Gasteiger partial charge in [0.05, 0.1) is 23.4 Å². The molecular weight excluding hydrogens is 326 g/mol. The number of halogens is 1. The van der Waals surface area contributed by atoms with Crippen molar-refractivity contribution in [3.8, 4) is 17.3 Å². The number of aromatic nitrogens is 1. The maximum absolute atomic E-state index is 8.99. The molecule has 0 bridgehead atoms. The van der Waals surface area contributed by atoms with Crippen LogP contribution in [0.15, 0.2) is 53.9 Å². The first-order chi connectivity index (χ1) is 11.2. The first-order valence-electron chi connectivity index (χ1n) is 7.11. The zero-order valence-electron chi connectivity index (χ0n) is 12.2. The lowest BCUT2D eigenvalue weighted by atomic mass is 10.1. The molecule has 3 nitrogen and oxygen atoms in total. The van der Waals surface area contributed by atoms with Crippen LogP contribution in [0, 0.1) is 11.3 Å². The second-order valence-corrected chi connectivity index (χ2v) is 6.53. The van der Waals surface area contributed by atoms with Gasteiger partial charge in [-0.05, 0) is 36.2 Å². The zero-order chi connectivity index (χ0) is 16.2. The van der Waals surface area contributed by atoms with Crippen molar-refractivity contribution in [1.82, 2.24) is 4.98 Å². The van der Waals surface area contributed by atoms with Crippen molar-refractivity contribution in [1.29, 1.82) is 5.26 Å². The number of benzene rings is 2. The second kappa shape index (κ2) is 6.93. The molecule has 3 aromatic rings. The minimum atomic E-state index is -0.158. The van der Waals surface area contributed by atoms with Crippen molar-refractivity contribution in [2.45, 2.75) is 12.5 Å². The van der Waals surface area contributed by atoms with E-state index in [4.69, 9.17) is 22.6 Å². The van der Waals surface area contributed by atoms with Crippen LogP contribution < -0.4 is 5.73 Å². The predicted molar refractivity (Wildman–Crippen MR) is 94.3 cm³/mol. The van der Waals surface area contributed by atoms with Gasteiger partial charge >= 0.3 is 0 Å². The van der Waals surface area contributed by atoms with Crippen LogP contribution in [0.25, 0.3) is 11.3 Å². The molecule has 2 N–H and O–H groups in total. The first-order valence-corrected chi connectivity index (χ1v) is 8.37. The molecule has 0 radical (unpaired) electrons. The smallest absolute Gasteiger partial charge is 0.110 e. The van der Waals surface area contributed by atoms with Crippen LogP contribution in [0.1, 0.15) is 22.2 Å². The van der Waals surface area contributed by atoms with Crippen molar-refractivity contribution in [3.05, 3.63) is 75.1 Å². The number of thiazole rings is 1. The average Bonchev–Trinajstić information content (AvgIpc) is 3.07. The summed E-state index contributed by atoms with van der Waals surface area (Å²) in [6.07, 6.45) is 0.711. The third kappa shape index (κ3) is 3.77. The summed E-state index contributed by atoms with van der Waals surface area (Å²) in [5.74, 6) is 0. The molecule has 114 valence electrons. The topological polar surface area (TPSA) is 62.7 Å². The van der Waals surface area contributed by atoms with Gasteiger partial charge in [0.2, 0.25) is 0 Å². The lowest BCUT2D eigenvalue weighted by Crippen LogP contribution is -2.13. The Hall–Kier alpha value is -2.19. The minimum absolute atomic E-state index is 0.158. The summed E-state index contributed by atoms with van der Waals surface area (Å²) in [6, 6.07) is 17.1. The number of nitrogens with zero attached hydrogens (tertiary/aromatic N) is 2. The molecule has 0 saturated carbocycles. The molecule has 0 aliphatic rings. The van der Waals surface area contributed by atoms with Gasteiger partial charge in [0.1, 0.15) is 5.01 Å². The summed E-state index contributed by atoms with van der Waals surface area (Å²) < 4.78 is 0. The van der Waals surface area contributed by atoms with Gasteiger partial charge in [-0.3, -0.25) is 0 Å². The largest absolute Gasteiger partial charge is 0.322 e. The molecule has 23 heavy (non-hydrogen) atoms. The lowest BCUT2D eigenvalue weighted by molar-refractivity contribution is 0.716. The quantitative estimate of drug-likeness (QED) is 0.756. The summed E-state index contributed by atoms with van der Waals surface area (Å²) in [5, 5.41) is 12.6. The van der Waals surface area contributed by atoms with Gasteiger partial charge in [-0.1, -0.05) is 35.9 Å². The van der Waals surface area contributed by atoms with Crippen LogP contribution in [-0.2, 0) is 6.42 Å². The monoisotopic (exact) mass is 339 g/mol. The molecular formula is C18H14ClN3S. The van der Waals surface area contributed by atoms with Gasteiger partial charge in [-0.2, -0.15) is 5.26 Å². The number of rotatable bonds is 4. The van der Waals surface area contributed by atoms with Gasteiger partial charge in [-0.25, -0.2) is 4.98 Å². The van der Waals surface area contributed by atoms with E-state index in [-0.39, 0.29) is 6.04 Å². The Kier molecular flexibility index (Phi) is 4.73. The molecule has 1 heterocycles. The third-order valence-corrected chi connectivity index (χ3v) is 4.72. The highest BCUT2D eigenvalue weighted by molar-refractivity contribution is 7.10. The Balaban J connectivity index is 1.78. The van der Waals surface area contributed by atoms with Crippen LogP contribution in [-0.4, -0.2) is 4.98 Å². The molecule has 0 amide bonds. The Bertz CT molecular complexity index is 849. The molecule has 1 unspecified atom stereocenters. The van der Waals surface area contributed by atoms with Crippen LogP contribution in [0.5, 0.6) is 0 Å². The van der Waals surface area contributed by atoms with E-state index in [0.717, 1.165) is 26.9 Å². The van der Waals surface area contributed by atoms with Crippen molar-refractivity contribution in [2.24, 2.45) is 5.73 Å². The molecule has 3 rings (SSSR count). The molecule has 2 aromatic carbocycles. The maximum atomic E-state index is 8.99. The van der Waals surface area contributed by atoms with E-state index in [1.807, 2.05) is 47.8 Å². The highest BCUT2D eigenvalue weighted by Crippen LogP contribution is 2.27. The standard InChI is InChI=1S/C18H14ClN3S/c19-15-6-4-12(5-7-15)9-16(21)18-22-17(11-23-18)14-3-1-2-13(8-14)10-20/h1-8,11,16H,9,21H2. The fraction of sp³-hybridized carbons (Fsp3) is 0.111. The average molecular weight is 340 g/mol.